The molecule has 0 unspecified atom stereocenters. The van der Waals surface area contributed by atoms with Crippen molar-refractivity contribution in [2.45, 2.75) is 0 Å². The van der Waals surface area contributed by atoms with Gasteiger partial charge in [-0.3, -0.25) is 0 Å². The number of hydrogen-bond acceptors (Lipinski definition) is 3. The van der Waals surface area contributed by atoms with E-state index < -0.39 is 5.97 Å². The lowest BCUT2D eigenvalue weighted by molar-refractivity contribution is 0.0683. The van der Waals surface area contributed by atoms with Crippen molar-refractivity contribution < 1.29 is 15.0 Å². The Morgan fingerprint density at radius 1 is 1.73 bits per heavy atom. The summed E-state index contributed by atoms with van der Waals surface area (Å²) in [7, 11) is 1.47. The number of carboxylic acid groups (broad SMARTS) is 1. The number of anilines is 1. The minimum absolute atomic E-state index is 0.192. The van der Waals surface area contributed by atoms with E-state index >= 15 is 0 Å². The molecule has 4 N–H and O–H groups in total. The minimum atomic E-state index is -1.19. The molecule has 0 saturated carbocycles. The summed E-state index contributed by atoms with van der Waals surface area (Å²) in [6.45, 7) is 0. The van der Waals surface area contributed by atoms with Crippen LogP contribution in [0.25, 0.3) is 0 Å². The maximum atomic E-state index is 10.4. The van der Waals surface area contributed by atoms with Crippen LogP contribution >= 0.6 is 0 Å². The molecular formula is C6H8N2O3. The van der Waals surface area contributed by atoms with Gasteiger partial charge in [0.05, 0.1) is 0 Å². The summed E-state index contributed by atoms with van der Waals surface area (Å²) in [6, 6.07) is 1.20. The second kappa shape index (κ2) is 2.19. The van der Waals surface area contributed by atoms with Crippen LogP contribution in [0.3, 0.4) is 0 Å². The third kappa shape index (κ3) is 1.000. The van der Waals surface area contributed by atoms with E-state index in [9.17, 15) is 4.79 Å². The minimum Gasteiger partial charge on any atom is -0.505 e. The largest absolute Gasteiger partial charge is 0.505 e. The van der Waals surface area contributed by atoms with Gasteiger partial charge in [-0.05, 0) is 0 Å². The van der Waals surface area contributed by atoms with Gasteiger partial charge in [-0.2, -0.15) is 0 Å². The van der Waals surface area contributed by atoms with Crippen molar-refractivity contribution in [2.24, 2.45) is 7.05 Å². The second-order valence-corrected chi connectivity index (χ2v) is 2.17. The van der Waals surface area contributed by atoms with Crippen LogP contribution in [0.1, 0.15) is 10.5 Å². The van der Waals surface area contributed by atoms with Gasteiger partial charge in [-0.15, -0.1) is 0 Å². The molecule has 0 spiro atoms. The average Bonchev–Trinajstić information content (AvgIpc) is 2.07. The first-order valence-corrected chi connectivity index (χ1v) is 2.91. The summed E-state index contributed by atoms with van der Waals surface area (Å²) in [5.74, 6) is -1.28. The van der Waals surface area contributed by atoms with Crippen LogP contribution in [0.2, 0.25) is 0 Å². The highest BCUT2D eigenvalue weighted by molar-refractivity contribution is 5.90. The molecule has 0 aliphatic carbocycles. The summed E-state index contributed by atoms with van der Waals surface area (Å²) >= 11 is 0. The SMILES string of the molecule is Cn1c(N)cc(O)c1C(=O)O. The quantitative estimate of drug-likeness (QED) is 0.534. The van der Waals surface area contributed by atoms with Gasteiger partial charge in [0.15, 0.2) is 5.69 Å². The van der Waals surface area contributed by atoms with Crippen molar-refractivity contribution in [1.82, 2.24) is 4.57 Å². The van der Waals surface area contributed by atoms with Crippen molar-refractivity contribution in [3.05, 3.63) is 11.8 Å². The molecule has 0 radical (unpaired) electrons. The molecular weight excluding hydrogens is 148 g/mol. The highest BCUT2D eigenvalue weighted by atomic mass is 16.4. The zero-order chi connectivity index (χ0) is 8.59. The smallest absolute Gasteiger partial charge is 0.356 e. The Labute approximate surface area is 62.7 Å². The molecule has 1 rings (SSSR count). The molecule has 1 aromatic rings. The molecule has 0 bridgehead atoms. The van der Waals surface area contributed by atoms with E-state index in [-0.39, 0.29) is 17.3 Å². The predicted molar refractivity (Wildman–Crippen MR) is 38.4 cm³/mol. The van der Waals surface area contributed by atoms with Gasteiger partial charge in [0.2, 0.25) is 0 Å². The van der Waals surface area contributed by atoms with E-state index in [2.05, 4.69) is 0 Å². The van der Waals surface area contributed by atoms with Crippen molar-refractivity contribution in [1.29, 1.82) is 0 Å². The third-order valence-corrected chi connectivity index (χ3v) is 1.45. The summed E-state index contributed by atoms with van der Waals surface area (Å²) in [6.07, 6.45) is 0. The second-order valence-electron chi connectivity index (χ2n) is 2.17. The summed E-state index contributed by atoms with van der Waals surface area (Å²) in [4.78, 5) is 10.4. The first-order valence-electron chi connectivity index (χ1n) is 2.91. The first kappa shape index (κ1) is 7.46. The number of aromatic nitrogens is 1. The van der Waals surface area contributed by atoms with Crippen LogP contribution in [0.5, 0.6) is 5.75 Å². The number of aromatic hydroxyl groups is 1. The highest BCUT2D eigenvalue weighted by Crippen LogP contribution is 2.22. The number of nitrogens with zero attached hydrogens (tertiary/aromatic N) is 1. The lowest BCUT2D eigenvalue weighted by atomic mass is 10.4. The third-order valence-electron chi connectivity index (χ3n) is 1.45. The van der Waals surface area contributed by atoms with Gasteiger partial charge in [0.25, 0.3) is 0 Å². The maximum absolute atomic E-state index is 10.4. The van der Waals surface area contributed by atoms with E-state index in [1.165, 1.54) is 17.7 Å². The summed E-state index contributed by atoms with van der Waals surface area (Å²) < 4.78 is 1.21. The van der Waals surface area contributed by atoms with Crippen molar-refractivity contribution in [2.75, 3.05) is 5.73 Å². The number of nitrogens with two attached hydrogens (primary N) is 1. The Morgan fingerprint density at radius 3 is 2.45 bits per heavy atom. The monoisotopic (exact) mass is 156 g/mol. The molecule has 11 heavy (non-hydrogen) atoms. The van der Waals surface area contributed by atoms with Crippen LogP contribution in [-0.4, -0.2) is 20.7 Å². The molecule has 1 heterocycles. The van der Waals surface area contributed by atoms with E-state index in [0.717, 1.165) is 0 Å². The van der Waals surface area contributed by atoms with Gasteiger partial charge in [0.1, 0.15) is 11.6 Å². The fraction of sp³-hybridized carbons (Fsp3) is 0.167. The number of carbonyl (C=O) groups is 1. The molecule has 60 valence electrons. The average molecular weight is 156 g/mol. The summed E-state index contributed by atoms with van der Waals surface area (Å²) in [5, 5.41) is 17.5. The Hall–Kier alpha value is -1.65. The molecule has 5 heteroatoms. The van der Waals surface area contributed by atoms with Crippen LogP contribution in [0, 0.1) is 0 Å². The molecule has 0 aliphatic heterocycles. The van der Waals surface area contributed by atoms with E-state index in [1.807, 2.05) is 0 Å². The molecule has 5 nitrogen and oxygen atoms in total. The van der Waals surface area contributed by atoms with Crippen LogP contribution in [-0.2, 0) is 7.05 Å². The Kier molecular flexibility index (Phi) is 1.48. The van der Waals surface area contributed by atoms with Crippen LogP contribution in [0.4, 0.5) is 5.82 Å². The molecule has 0 atom stereocenters. The molecule has 0 amide bonds. The molecule has 0 saturated heterocycles. The Morgan fingerprint density at radius 2 is 2.27 bits per heavy atom. The van der Waals surface area contributed by atoms with Gasteiger partial charge >= 0.3 is 5.97 Å². The van der Waals surface area contributed by atoms with Crippen LogP contribution in [0.15, 0.2) is 6.07 Å². The lowest BCUT2D eigenvalue weighted by Gasteiger charge is -1.98. The topological polar surface area (TPSA) is 88.5 Å². The molecule has 0 fully saturated rings. The van der Waals surface area contributed by atoms with Crippen molar-refractivity contribution in [3.8, 4) is 5.75 Å². The van der Waals surface area contributed by atoms with Crippen molar-refractivity contribution in [3.63, 3.8) is 0 Å². The molecule has 0 aliphatic rings. The van der Waals surface area contributed by atoms with E-state index in [1.54, 1.807) is 0 Å². The standard InChI is InChI=1S/C6H8N2O3/c1-8-4(7)2-3(9)5(8)6(10)11/h2,9H,7H2,1H3,(H,10,11). The predicted octanol–water partition coefficient (Wildman–Crippen LogP) is 0.0111. The Balaban J connectivity index is 3.34. The molecule has 0 aromatic carbocycles. The lowest BCUT2D eigenvalue weighted by Crippen LogP contribution is -2.06. The van der Waals surface area contributed by atoms with Gasteiger partial charge in [-0.1, -0.05) is 0 Å². The number of aromatic carboxylic acids is 1. The number of rotatable bonds is 1. The van der Waals surface area contributed by atoms with E-state index in [4.69, 9.17) is 15.9 Å². The fourth-order valence-corrected chi connectivity index (χ4v) is 0.859. The fourth-order valence-electron chi connectivity index (χ4n) is 0.859. The Bertz CT molecular complexity index is 303. The number of carboxylic acids is 1. The molecule has 1 aromatic heterocycles. The van der Waals surface area contributed by atoms with Crippen molar-refractivity contribution >= 4 is 11.8 Å². The number of hydrogen-bond donors (Lipinski definition) is 3. The number of nitrogen functional groups attached to an aromatic ring is 1. The normalized spacial score (nSPS) is 9.91. The van der Waals surface area contributed by atoms with Gasteiger partial charge in [-0.25, -0.2) is 4.79 Å². The zero-order valence-corrected chi connectivity index (χ0v) is 5.90. The maximum Gasteiger partial charge on any atom is 0.356 e. The van der Waals surface area contributed by atoms with E-state index in [0.29, 0.717) is 0 Å². The highest BCUT2D eigenvalue weighted by Gasteiger charge is 2.15. The van der Waals surface area contributed by atoms with Crippen LogP contribution < -0.4 is 5.73 Å². The van der Waals surface area contributed by atoms with Gasteiger partial charge in [0, 0.05) is 13.1 Å². The van der Waals surface area contributed by atoms with Gasteiger partial charge < -0.3 is 20.5 Å². The zero-order valence-electron chi connectivity index (χ0n) is 5.90. The summed E-state index contributed by atoms with van der Waals surface area (Å²) in [5.41, 5.74) is 5.13. The first-order chi connectivity index (χ1) is 5.04.